The Bertz CT molecular complexity index is 343. The molecule has 1 N–H and O–H groups in total. The molecule has 2 saturated heterocycles. The third kappa shape index (κ3) is 3.11. The maximum absolute atomic E-state index is 10.6. The predicted molar refractivity (Wildman–Crippen MR) is 74.1 cm³/mol. The van der Waals surface area contributed by atoms with Gasteiger partial charge in [0.1, 0.15) is 0 Å². The molecule has 3 aliphatic rings. The van der Waals surface area contributed by atoms with E-state index in [0.29, 0.717) is 12.3 Å². The first-order chi connectivity index (χ1) is 9.13. The molecule has 2 aliphatic heterocycles. The second-order valence-corrected chi connectivity index (χ2v) is 6.75. The molecule has 1 saturated carbocycles. The van der Waals surface area contributed by atoms with E-state index in [0.717, 1.165) is 31.1 Å². The van der Waals surface area contributed by atoms with Crippen molar-refractivity contribution in [1.82, 2.24) is 9.80 Å². The molecular weight excluding hydrogens is 240 g/mol. The lowest BCUT2D eigenvalue weighted by molar-refractivity contribution is -0.137. The zero-order chi connectivity index (χ0) is 13.4. The first kappa shape index (κ1) is 13.4. The van der Waals surface area contributed by atoms with Gasteiger partial charge in [0.2, 0.25) is 0 Å². The maximum Gasteiger partial charge on any atom is 0.303 e. The van der Waals surface area contributed by atoms with Crippen LogP contribution in [0.15, 0.2) is 0 Å². The highest BCUT2D eigenvalue weighted by Gasteiger charge is 2.41. The monoisotopic (exact) mass is 266 g/mol. The minimum Gasteiger partial charge on any atom is -0.481 e. The van der Waals surface area contributed by atoms with Gasteiger partial charge in [0.05, 0.1) is 0 Å². The Morgan fingerprint density at radius 1 is 1.21 bits per heavy atom. The Balaban J connectivity index is 1.47. The SMILES string of the molecule is CC1CC(N2CCC(CCC(=O)O)C2)CN1C1CC1. The third-order valence-electron chi connectivity index (χ3n) is 5.22. The average Bonchev–Trinajstić information content (AvgIpc) is 2.96. The molecule has 0 spiro atoms. The fraction of sp³-hybridized carbons (Fsp3) is 0.933. The van der Waals surface area contributed by atoms with Crippen molar-refractivity contribution in [2.24, 2.45) is 5.92 Å². The largest absolute Gasteiger partial charge is 0.481 e. The van der Waals surface area contributed by atoms with Gasteiger partial charge in [-0.2, -0.15) is 0 Å². The molecule has 0 bridgehead atoms. The molecule has 0 aromatic heterocycles. The Hall–Kier alpha value is -0.610. The second kappa shape index (κ2) is 5.41. The summed E-state index contributed by atoms with van der Waals surface area (Å²) in [5.41, 5.74) is 0. The van der Waals surface area contributed by atoms with Crippen LogP contribution in [0.2, 0.25) is 0 Å². The van der Waals surface area contributed by atoms with Crippen LogP contribution in [0.3, 0.4) is 0 Å². The van der Waals surface area contributed by atoms with E-state index in [1.807, 2.05) is 0 Å². The van der Waals surface area contributed by atoms with Gasteiger partial charge in [-0.25, -0.2) is 0 Å². The van der Waals surface area contributed by atoms with E-state index in [2.05, 4.69) is 16.7 Å². The molecule has 4 heteroatoms. The average molecular weight is 266 g/mol. The summed E-state index contributed by atoms with van der Waals surface area (Å²) in [5, 5.41) is 8.77. The molecule has 4 nitrogen and oxygen atoms in total. The van der Waals surface area contributed by atoms with E-state index < -0.39 is 5.97 Å². The zero-order valence-electron chi connectivity index (χ0n) is 11.9. The maximum atomic E-state index is 10.6. The predicted octanol–water partition coefficient (Wildman–Crippen LogP) is 1.80. The summed E-state index contributed by atoms with van der Waals surface area (Å²) in [6.07, 6.45) is 6.51. The molecule has 3 fully saturated rings. The van der Waals surface area contributed by atoms with Crippen molar-refractivity contribution in [3.8, 4) is 0 Å². The van der Waals surface area contributed by atoms with Crippen LogP contribution < -0.4 is 0 Å². The van der Waals surface area contributed by atoms with Crippen LogP contribution in [-0.2, 0) is 4.79 Å². The number of hydrogen-bond donors (Lipinski definition) is 1. The van der Waals surface area contributed by atoms with Crippen LogP contribution in [0, 0.1) is 5.92 Å². The van der Waals surface area contributed by atoms with Crippen molar-refractivity contribution in [2.45, 2.75) is 63.6 Å². The van der Waals surface area contributed by atoms with Gasteiger partial charge in [0.25, 0.3) is 0 Å². The molecule has 19 heavy (non-hydrogen) atoms. The Kier molecular flexibility index (Phi) is 3.81. The van der Waals surface area contributed by atoms with Crippen molar-refractivity contribution < 1.29 is 9.90 Å². The lowest BCUT2D eigenvalue weighted by Crippen LogP contribution is -2.36. The van der Waals surface area contributed by atoms with Gasteiger partial charge in [-0.1, -0.05) is 0 Å². The fourth-order valence-electron chi connectivity index (χ4n) is 3.96. The highest BCUT2D eigenvalue weighted by Crippen LogP contribution is 2.36. The number of carbonyl (C=O) groups is 1. The molecule has 0 aromatic carbocycles. The molecule has 2 heterocycles. The number of carboxylic acids is 1. The lowest BCUT2D eigenvalue weighted by Gasteiger charge is -2.24. The fourth-order valence-corrected chi connectivity index (χ4v) is 3.96. The number of nitrogens with zero attached hydrogens (tertiary/aromatic N) is 2. The van der Waals surface area contributed by atoms with E-state index >= 15 is 0 Å². The van der Waals surface area contributed by atoms with Crippen LogP contribution >= 0.6 is 0 Å². The van der Waals surface area contributed by atoms with E-state index in [1.165, 1.54) is 38.8 Å². The van der Waals surface area contributed by atoms with Crippen LogP contribution in [0.1, 0.15) is 45.4 Å². The molecular formula is C15H26N2O2. The molecule has 3 atom stereocenters. The highest BCUT2D eigenvalue weighted by atomic mass is 16.4. The van der Waals surface area contributed by atoms with Gasteiger partial charge in [-0.05, 0) is 51.5 Å². The normalized spacial score (nSPS) is 37.0. The van der Waals surface area contributed by atoms with Crippen LogP contribution in [0.4, 0.5) is 0 Å². The molecule has 0 aromatic rings. The first-order valence-corrected chi connectivity index (χ1v) is 7.85. The van der Waals surface area contributed by atoms with E-state index in [9.17, 15) is 4.79 Å². The molecule has 108 valence electrons. The van der Waals surface area contributed by atoms with Crippen LogP contribution in [0.5, 0.6) is 0 Å². The smallest absolute Gasteiger partial charge is 0.303 e. The van der Waals surface area contributed by atoms with Crippen molar-refractivity contribution in [2.75, 3.05) is 19.6 Å². The zero-order valence-corrected chi connectivity index (χ0v) is 11.9. The summed E-state index contributed by atoms with van der Waals surface area (Å²) >= 11 is 0. The van der Waals surface area contributed by atoms with Crippen molar-refractivity contribution in [1.29, 1.82) is 0 Å². The van der Waals surface area contributed by atoms with Gasteiger partial charge in [0.15, 0.2) is 0 Å². The first-order valence-electron chi connectivity index (χ1n) is 7.85. The molecule has 3 rings (SSSR count). The summed E-state index contributed by atoms with van der Waals surface area (Å²) in [6.45, 7) is 5.93. The molecule has 0 radical (unpaired) electrons. The minimum atomic E-state index is -0.646. The van der Waals surface area contributed by atoms with Gasteiger partial charge < -0.3 is 5.11 Å². The van der Waals surface area contributed by atoms with Crippen molar-refractivity contribution in [3.63, 3.8) is 0 Å². The molecule has 0 amide bonds. The molecule has 1 aliphatic carbocycles. The number of carboxylic acid groups (broad SMARTS) is 1. The van der Waals surface area contributed by atoms with Gasteiger partial charge >= 0.3 is 5.97 Å². The number of likely N-dealkylation sites (tertiary alicyclic amines) is 2. The second-order valence-electron chi connectivity index (χ2n) is 6.75. The summed E-state index contributed by atoms with van der Waals surface area (Å²) in [7, 11) is 0. The number of aliphatic carboxylic acids is 1. The summed E-state index contributed by atoms with van der Waals surface area (Å²) in [5.74, 6) is -0.0331. The Morgan fingerprint density at radius 2 is 2.00 bits per heavy atom. The van der Waals surface area contributed by atoms with Crippen molar-refractivity contribution in [3.05, 3.63) is 0 Å². The summed E-state index contributed by atoms with van der Waals surface area (Å²) < 4.78 is 0. The Morgan fingerprint density at radius 3 is 2.68 bits per heavy atom. The third-order valence-corrected chi connectivity index (χ3v) is 5.22. The standard InChI is InChI=1S/C15H26N2O2/c1-11-8-14(10-17(11)13-3-4-13)16-7-6-12(9-16)2-5-15(18)19/h11-14H,2-10H2,1H3,(H,18,19). The quantitative estimate of drug-likeness (QED) is 0.824. The van der Waals surface area contributed by atoms with Gasteiger partial charge in [-0.15, -0.1) is 0 Å². The lowest BCUT2D eigenvalue weighted by atomic mass is 10.0. The van der Waals surface area contributed by atoms with E-state index in [-0.39, 0.29) is 0 Å². The Labute approximate surface area is 115 Å². The van der Waals surface area contributed by atoms with Crippen LogP contribution in [-0.4, -0.2) is 58.6 Å². The van der Waals surface area contributed by atoms with Gasteiger partial charge in [-0.3, -0.25) is 14.6 Å². The summed E-state index contributed by atoms with van der Waals surface area (Å²) in [4.78, 5) is 16.0. The number of rotatable bonds is 5. The number of hydrogen-bond acceptors (Lipinski definition) is 3. The topological polar surface area (TPSA) is 43.8 Å². The van der Waals surface area contributed by atoms with Crippen LogP contribution in [0.25, 0.3) is 0 Å². The van der Waals surface area contributed by atoms with E-state index in [4.69, 9.17) is 5.11 Å². The van der Waals surface area contributed by atoms with Gasteiger partial charge in [0, 0.05) is 37.6 Å². The highest BCUT2D eigenvalue weighted by molar-refractivity contribution is 5.66. The molecule has 3 unspecified atom stereocenters. The van der Waals surface area contributed by atoms with Crippen molar-refractivity contribution >= 4 is 5.97 Å². The minimum absolute atomic E-state index is 0.341. The summed E-state index contributed by atoms with van der Waals surface area (Å²) in [6, 6.07) is 2.35. The van der Waals surface area contributed by atoms with E-state index in [1.54, 1.807) is 0 Å².